The van der Waals surface area contributed by atoms with Gasteiger partial charge in [0.15, 0.2) is 0 Å². The van der Waals surface area contributed by atoms with Crippen LogP contribution in [0.15, 0.2) is 30.3 Å². The van der Waals surface area contributed by atoms with E-state index in [4.69, 9.17) is 9.84 Å². The molecule has 0 aliphatic rings. The number of carbonyl (C=O) groups excluding carboxylic acids is 1. The number of rotatable bonds is 5. The Morgan fingerprint density at radius 1 is 1.44 bits per heavy atom. The highest BCUT2D eigenvalue weighted by Crippen LogP contribution is 2.01. The summed E-state index contributed by atoms with van der Waals surface area (Å²) in [4.78, 5) is 11.1. The topological polar surface area (TPSA) is 61.8 Å². The highest BCUT2D eigenvalue weighted by Gasteiger charge is 2.08. The van der Waals surface area contributed by atoms with Gasteiger partial charge in [-0.15, -0.1) is 0 Å². The Morgan fingerprint density at radius 3 is 2.69 bits per heavy atom. The number of benzene rings is 1. The molecule has 5 heteroatoms. The van der Waals surface area contributed by atoms with Crippen molar-refractivity contribution in [1.82, 2.24) is 10.4 Å². The predicted octanol–water partition coefficient (Wildman–Crippen LogP) is 1.10. The molecule has 1 amide bonds. The van der Waals surface area contributed by atoms with Crippen molar-refractivity contribution in [1.29, 1.82) is 0 Å². The largest absolute Gasteiger partial charge is 0.449 e. The molecule has 88 valence electrons. The Hall–Kier alpha value is -1.59. The molecule has 0 saturated carbocycles. The van der Waals surface area contributed by atoms with E-state index in [1.165, 1.54) is 5.01 Å². The van der Waals surface area contributed by atoms with E-state index in [1.54, 1.807) is 6.92 Å². The van der Waals surface area contributed by atoms with E-state index in [1.807, 2.05) is 30.3 Å². The van der Waals surface area contributed by atoms with Crippen LogP contribution < -0.4 is 5.43 Å². The van der Waals surface area contributed by atoms with Gasteiger partial charge in [-0.3, -0.25) is 5.43 Å². The summed E-state index contributed by atoms with van der Waals surface area (Å²) in [6, 6.07) is 9.53. The van der Waals surface area contributed by atoms with E-state index in [0.717, 1.165) is 5.56 Å². The van der Waals surface area contributed by atoms with Crippen LogP contribution in [0.2, 0.25) is 0 Å². The van der Waals surface area contributed by atoms with Gasteiger partial charge in [-0.25, -0.2) is 4.79 Å². The quantitative estimate of drug-likeness (QED) is 0.580. The van der Waals surface area contributed by atoms with E-state index in [9.17, 15) is 4.79 Å². The maximum absolute atomic E-state index is 11.1. The van der Waals surface area contributed by atoms with Gasteiger partial charge in [-0.2, -0.15) is 5.01 Å². The average molecular weight is 224 g/mol. The third kappa shape index (κ3) is 4.29. The number of nitrogens with zero attached hydrogens (tertiary/aromatic N) is 1. The minimum atomic E-state index is -0.563. The number of aliphatic hydroxyl groups is 1. The summed E-state index contributed by atoms with van der Waals surface area (Å²) in [5.41, 5.74) is 3.43. The van der Waals surface area contributed by atoms with E-state index in [-0.39, 0.29) is 6.73 Å². The normalized spacial score (nSPS) is 10.2. The number of carbonyl (C=O) groups is 1. The summed E-state index contributed by atoms with van der Waals surface area (Å²) < 4.78 is 4.71. The lowest BCUT2D eigenvalue weighted by Crippen LogP contribution is -2.42. The molecule has 2 N–H and O–H groups in total. The lowest BCUT2D eigenvalue weighted by Gasteiger charge is -2.19. The highest BCUT2D eigenvalue weighted by molar-refractivity contribution is 5.66. The van der Waals surface area contributed by atoms with Crippen molar-refractivity contribution < 1.29 is 14.6 Å². The van der Waals surface area contributed by atoms with Crippen LogP contribution in [0.4, 0.5) is 4.79 Å². The van der Waals surface area contributed by atoms with Gasteiger partial charge < -0.3 is 9.84 Å². The minimum absolute atomic E-state index is 0.270. The molecule has 1 aromatic carbocycles. The molecular weight excluding hydrogens is 208 g/mol. The molecule has 5 nitrogen and oxygen atoms in total. The van der Waals surface area contributed by atoms with Crippen LogP contribution in [0, 0.1) is 0 Å². The molecule has 0 fully saturated rings. The Labute approximate surface area is 94.6 Å². The first-order valence-electron chi connectivity index (χ1n) is 5.09. The van der Waals surface area contributed by atoms with Crippen molar-refractivity contribution >= 4 is 6.09 Å². The van der Waals surface area contributed by atoms with Gasteiger partial charge in [0.1, 0.15) is 6.73 Å². The standard InChI is InChI=1S/C11H16N2O3/c1-2-16-11(15)12-13(9-14)8-10-6-4-3-5-7-10/h3-7,14H,2,8-9H2,1H3,(H,12,15). The zero-order valence-corrected chi connectivity index (χ0v) is 9.22. The third-order valence-corrected chi connectivity index (χ3v) is 1.91. The Bertz CT molecular complexity index is 316. The molecule has 0 spiro atoms. The van der Waals surface area contributed by atoms with E-state index >= 15 is 0 Å². The van der Waals surface area contributed by atoms with Gasteiger partial charge in [-0.1, -0.05) is 30.3 Å². The highest BCUT2D eigenvalue weighted by atomic mass is 16.6. The number of aliphatic hydroxyl groups excluding tert-OH is 1. The summed E-state index contributed by atoms with van der Waals surface area (Å²) in [7, 11) is 0. The summed E-state index contributed by atoms with van der Waals surface area (Å²) in [5.74, 6) is 0. The van der Waals surface area contributed by atoms with Crippen molar-refractivity contribution in [2.45, 2.75) is 13.5 Å². The van der Waals surface area contributed by atoms with Crippen LogP contribution in [0.5, 0.6) is 0 Å². The Kier molecular flexibility index (Phi) is 5.31. The maximum Gasteiger partial charge on any atom is 0.421 e. The van der Waals surface area contributed by atoms with E-state index in [0.29, 0.717) is 13.2 Å². The summed E-state index contributed by atoms with van der Waals surface area (Å²) in [6.07, 6.45) is -0.563. The third-order valence-electron chi connectivity index (χ3n) is 1.91. The molecule has 0 atom stereocenters. The number of hydrogen-bond acceptors (Lipinski definition) is 4. The second-order valence-corrected chi connectivity index (χ2v) is 3.16. The average Bonchev–Trinajstić information content (AvgIpc) is 2.30. The van der Waals surface area contributed by atoms with Crippen molar-refractivity contribution in [3.05, 3.63) is 35.9 Å². The second kappa shape index (κ2) is 6.81. The first kappa shape index (κ1) is 12.5. The van der Waals surface area contributed by atoms with Gasteiger partial charge in [0, 0.05) is 6.54 Å². The number of ether oxygens (including phenoxy) is 1. The summed E-state index contributed by atoms with van der Waals surface area (Å²) in [6.45, 7) is 2.18. The molecule has 0 radical (unpaired) electrons. The summed E-state index contributed by atoms with van der Waals surface area (Å²) >= 11 is 0. The summed E-state index contributed by atoms with van der Waals surface area (Å²) in [5, 5.41) is 10.4. The van der Waals surface area contributed by atoms with Gasteiger partial charge in [-0.05, 0) is 12.5 Å². The fourth-order valence-electron chi connectivity index (χ4n) is 1.22. The monoisotopic (exact) mass is 224 g/mol. The fourth-order valence-corrected chi connectivity index (χ4v) is 1.22. The van der Waals surface area contributed by atoms with Crippen molar-refractivity contribution in [3.8, 4) is 0 Å². The zero-order chi connectivity index (χ0) is 11.8. The van der Waals surface area contributed by atoms with Crippen LogP contribution >= 0.6 is 0 Å². The van der Waals surface area contributed by atoms with Crippen LogP contribution in [-0.2, 0) is 11.3 Å². The molecule has 0 aliphatic carbocycles. The molecule has 0 bridgehead atoms. The smallest absolute Gasteiger partial charge is 0.421 e. The molecule has 1 rings (SSSR count). The lowest BCUT2D eigenvalue weighted by molar-refractivity contribution is 0.0430. The fraction of sp³-hybridized carbons (Fsp3) is 0.364. The first-order chi connectivity index (χ1) is 7.76. The van der Waals surface area contributed by atoms with Gasteiger partial charge in [0.2, 0.25) is 0 Å². The van der Waals surface area contributed by atoms with Crippen LogP contribution in [0.3, 0.4) is 0 Å². The number of amides is 1. The van der Waals surface area contributed by atoms with Crippen LogP contribution in [0.25, 0.3) is 0 Å². The molecule has 0 aromatic heterocycles. The van der Waals surface area contributed by atoms with Crippen molar-refractivity contribution in [2.75, 3.05) is 13.3 Å². The molecule has 0 heterocycles. The lowest BCUT2D eigenvalue weighted by atomic mass is 10.2. The maximum atomic E-state index is 11.1. The molecule has 0 saturated heterocycles. The van der Waals surface area contributed by atoms with E-state index < -0.39 is 6.09 Å². The first-order valence-corrected chi connectivity index (χ1v) is 5.09. The number of nitrogens with one attached hydrogen (secondary N) is 1. The molecule has 1 aromatic rings. The second-order valence-electron chi connectivity index (χ2n) is 3.16. The predicted molar refractivity (Wildman–Crippen MR) is 59.2 cm³/mol. The van der Waals surface area contributed by atoms with Gasteiger partial charge in [0.05, 0.1) is 6.61 Å². The zero-order valence-electron chi connectivity index (χ0n) is 9.22. The Balaban J connectivity index is 2.46. The van der Waals surface area contributed by atoms with Crippen LogP contribution in [0.1, 0.15) is 12.5 Å². The van der Waals surface area contributed by atoms with Crippen molar-refractivity contribution in [2.24, 2.45) is 0 Å². The van der Waals surface area contributed by atoms with Gasteiger partial charge >= 0.3 is 6.09 Å². The molecular formula is C11H16N2O3. The van der Waals surface area contributed by atoms with Gasteiger partial charge in [0.25, 0.3) is 0 Å². The van der Waals surface area contributed by atoms with E-state index in [2.05, 4.69) is 5.43 Å². The van der Waals surface area contributed by atoms with Crippen LogP contribution in [-0.4, -0.2) is 29.5 Å². The van der Waals surface area contributed by atoms with Crippen molar-refractivity contribution in [3.63, 3.8) is 0 Å². The molecule has 0 unspecified atom stereocenters. The number of hydrazine groups is 1. The number of hydrogen-bond donors (Lipinski definition) is 2. The SMILES string of the molecule is CCOC(=O)NN(CO)Cc1ccccc1. The Morgan fingerprint density at radius 2 is 2.12 bits per heavy atom. The molecule has 0 aliphatic heterocycles. The molecule has 16 heavy (non-hydrogen) atoms. The minimum Gasteiger partial charge on any atom is -0.449 e.